The molecule has 3 aromatic rings. The molecule has 0 bridgehead atoms. The number of fused-ring (bicyclic) bond motifs is 2. The predicted molar refractivity (Wildman–Crippen MR) is 109 cm³/mol. The summed E-state index contributed by atoms with van der Waals surface area (Å²) < 4.78 is 6.98. The third-order valence-electron chi connectivity index (χ3n) is 5.39. The number of aromatic nitrogens is 2. The molecule has 5 rings (SSSR count). The second-order valence-electron chi connectivity index (χ2n) is 7.32. The van der Waals surface area contributed by atoms with Crippen molar-refractivity contribution in [3.8, 4) is 17.6 Å². The number of imide groups is 1. The zero-order valence-electron chi connectivity index (χ0n) is 16.5. The second-order valence-corrected chi connectivity index (χ2v) is 7.32. The fraction of sp³-hybridized carbons (Fsp3) is 0.182. The van der Waals surface area contributed by atoms with Crippen LogP contribution in [0.3, 0.4) is 0 Å². The van der Waals surface area contributed by atoms with E-state index in [1.54, 1.807) is 28.9 Å². The first-order chi connectivity index (χ1) is 15.0. The van der Waals surface area contributed by atoms with Gasteiger partial charge in [0.05, 0.1) is 19.9 Å². The lowest BCUT2D eigenvalue weighted by molar-refractivity contribution is -0.122. The van der Waals surface area contributed by atoms with Crippen molar-refractivity contribution in [2.75, 3.05) is 13.7 Å². The van der Waals surface area contributed by atoms with Crippen LogP contribution < -0.4 is 15.4 Å². The number of benzene rings is 1. The van der Waals surface area contributed by atoms with Crippen molar-refractivity contribution in [1.82, 2.24) is 24.9 Å². The first-order valence-corrected chi connectivity index (χ1v) is 9.54. The zero-order valence-corrected chi connectivity index (χ0v) is 16.5. The van der Waals surface area contributed by atoms with Gasteiger partial charge in [0, 0.05) is 18.3 Å². The van der Waals surface area contributed by atoms with Gasteiger partial charge in [0.1, 0.15) is 17.1 Å². The van der Waals surface area contributed by atoms with Gasteiger partial charge in [-0.2, -0.15) is 0 Å². The molecule has 0 spiro atoms. The summed E-state index contributed by atoms with van der Waals surface area (Å²) in [5, 5.41) is 4.83. The predicted octanol–water partition coefficient (Wildman–Crippen LogP) is 0.929. The Balaban J connectivity index is 1.49. The van der Waals surface area contributed by atoms with E-state index in [1.807, 2.05) is 24.3 Å². The van der Waals surface area contributed by atoms with Crippen molar-refractivity contribution in [3.63, 3.8) is 0 Å². The number of hydrogen-bond acceptors (Lipinski definition) is 5. The normalized spacial score (nSPS) is 19.6. The largest absolute Gasteiger partial charge is 0.497 e. The maximum absolute atomic E-state index is 13.0. The Morgan fingerprint density at radius 3 is 2.87 bits per heavy atom. The molecule has 4 amide bonds. The maximum Gasteiger partial charge on any atom is 0.323 e. The second kappa shape index (κ2) is 6.88. The van der Waals surface area contributed by atoms with E-state index in [-0.39, 0.29) is 12.5 Å². The molecule has 154 valence electrons. The average molecular weight is 415 g/mol. The standard InChI is InChI=1S/C22H17N5O4/c1-31-16-6-5-14-12-26(19(28)17(14)10-16)13-22(20(29)24-21(30)25-22)8-7-15-11-23-18-4-2-3-9-27(15)18/h2-6,9-11H,12-13H2,1H3,(H2,24,25,29,30)/t22-/m1/s1. The molecule has 1 fully saturated rings. The van der Waals surface area contributed by atoms with Crippen molar-refractivity contribution in [2.24, 2.45) is 0 Å². The van der Waals surface area contributed by atoms with Gasteiger partial charge in [-0.3, -0.25) is 19.3 Å². The highest BCUT2D eigenvalue weighted by molar-refractivity contribution is 6.10. The van der Waals surface area contributed by atoms with Gasteiger partial charge in [-0.1, -0.05) is 18.1 Å². The van der Waals surface area contributed by atoms with Gasteiger partial charge < -0.3 is 15.0 Å². The van der Waals surface area contributed by atoms with Crippen LogP contribution in [-0.4, -0.2) is 51.3 Å². The van der Waals surface area contributed by atoms with E-state index in [1.165, 1.54) is 12.0 Å². The summed E-state index contributed by atoms with van der Waals surface area (Å²) in [5.41, 5.74) is 1.02. The number of carbonyl (C=O) groups excluding carboxylic acids is 3. The summed E-state index contributed by atoms with van der Waals surface area (Å²) in [6.07, 6.45) is 3.40. The van der Waals surface area contributed by atoms with Crippen LogP contribution in [0.25, 0.3) is 5.65 Å². The van der Waals surface area contributed by atoms with Crippen molar-refractivity contribution in [2.45, 2.75) is 12.1 Å². The molecule has 1 aromatic carbocycles. The molecule has 2 aliphatic rings. The summed E-state index contributed by atoms with van der Waals surface area (Å²) in [5.74, 6) is 5.56. The summed E-state index contributed by atoms with van der Waals surface area (Å²) in [7, 11) is 1.53. The average Bonchev–Trinajstić information content (AvgIpc) is 3.41. The summed E-state index contributed by atoms with van der Waals surface area (Å²) >= 11 is 0. The molecule has 0 unspecified atom stereocenters. The van der Waals surface area contributed by atoms with E-state index in [4.69, 9.17) is 4.74 Å². The minimum Gasteiger partial charge on any atom is -0.497 e. The van der Waals surface area contributed by atoms with E-state index in [0.717, 1.165) is 5.56 Å². The molecule has 2 aliphatic heterocycles. The molecular formula is C22H17N5O4. The van der Waals surface area contributed by atoms with Crippen LogP contribution in [0, 0.1) is 11.8 Å². The van der Waals surface area contributed by atoms with E-state index in [0.29, 0.717) is 29.2 Å². The number of nitrogens with zero attached hydrogens (tertiary/aromatic N) is 3. The highest BCUT2D eigenvalue weighted by Gasteiger charge is 2.48. The van der Waals surface area contributed by atoms with Crippen LogP contribution in [0.15, 0.2) is 48.8 Å². The van der Waals surface area contributed by atoms with Gasteiger partial charge in [0.25, 0.3) is 11.8 Å². The van der Waals surface area contributed by atoms with Gasteiger partial charge in [-0.15, -0.1) is 0 Å². The number of amides is 4. The first kappa shape index (κ1) is 18.7. The fourth-order valence-corrected chi connectivity index (χ4v) is 3.81. The third kappa shape index (κ3) is 3.05. The highest BCUT2D eigenvalue weighted by atomic mass is 16.5. The van der Waals surface area contributed by atoms with Crippen LogP contribution in [-0.2, 0) is 11.3 Å². The molecule has 2 aromatic heterocycles. The molecule has 1 atom stereocenters. The Bertz CT molecular complexity index is 1320. The number of imidazole rings is 1. The molecule has 0 radical (unpaired) electrons. The Kier molecular flexibility index (Phi) is 4.15. The number of methoxy groups -OCH3 is 1. The lowest BCUT2D eigenvalue weighted by Gasteiger charge is -2.26. The number of ether oxygens (including phenoxy) is 1. The molecule has 9 nitrogen and oxygen atoms in total. The van der Waals surface area contributed by atoms with E-state index in [9.17, 15) is 14.4 Å². The maximum atomic E-state index is 13.0. The SMILES string of the molecule is COc1ccc2c(c1)C(=O)N(C[C@@]1(C#Cc3cnc4ccccn34)NC(=O)NC1=O)C2. The molecule has 4 heterocycles. The minimum absolute atomic E-state index is 0.0931. The molecule has 2 N–H and O–H groups in total. The number of pyridine rings is 1. The Labute approximate surface area is 177 Å². The molecule has 1 saturated heterocycles. The van der Waals surface area contributed by atoms with Crippen LogP contribution in [0.5, 0.6) is 5.75 Å². The van der Waals surface area contributed by atoms with Crippen LogP contribution in [0.2, 0.25) is 0 Å². The van der Waals surface area contributed by atoms with E-state index >= 15 is 0 Å². The summed E-state index contributed by atoms with van der Waals surface area (Å²) in [6, 6.07) is 10.1. The Hall–Kier alpha value is -4.32. The number of rotatable bonds is 3. The van der Waals surface area contributed by atoms with Gasteiger partial charge in [-0.25, -0.2) is 9.78 Å². The molecule has 31 heavy (non-hydrogen) atoms. The lowest BCUT2D eigenvalue weighted by atomic mass is 9.99. The van der Waals surface area contributed by atoms with Crippen molar-refractivity contribution < 1.29 is 19.1 Å². The van der Waals surface area contributed by atoms with Crippen molar-refractivity contribution >= 4 is 23.5 Å². The van der Waals surface area contributed by atoms with Gasteiger partial charge in [0.15, 0.2) is 0 Å². The quantitative estimate of drug-likeness (QED) is 0.489. The molecular weight excluding hydrogens is 398 g/mol. The lowest BCUT2D eigenvalue weighted by Crippen LogP contribution is -2.54. The fourth-order valence-electron chi connectivity index (χ4n) is 3.81. The van der Waals surface area contributed by atoms with E-state index < -0.39 is 17.5 Å². The van der Waals surface area contributed by atoms with Crippen molar-refractivity contribution in [1.29, 1.82) is 0 Å². The third-order valence-corrected chi connectivity index (χ3v) is 5.39. The van der Waals surface area contributed by atoms with E-state index in [2.05, 4.69) is 27.5 Å². The van der Waals surface area contributed by atoms with Crippen LogP contribution in [0.4, 0.5) is 4.79 Å². The van der Waals surface area contributed by atoms with Gasteiger partial charge in [0.2, 0.25) is 5.54 Å². The Morgan fingerprint density at radius 2 is 2.10 bits per heavy atom. The number of nitrogens with one attached hydrogen (secondary N) is 2. The summed E-state index contributed by atoms with van der Waals surface area (Å²) in [4.78, 5) is 43.4. The van der Waals surface area contributed by atoms with Crippen LogP contribution in [0.1, 0.15) is 21.6 Å². The summed E-state index contributed by atoms with van der Waals surface area (Å²) in [6.45, 7) is 0.213. The zero-order chi connectivity index (χ0) is 21.6. The van der Waals surface area contributed by atoms with Crippen molar-refractivity contribution in [3.05, 3.63) is 65.6 Å². The number of hydrogen-bond donors (Lipinski definition) is 2. The Morgan fingerprint density at radius 1 is 1.23 bits per heavy atom. The topological polar surface area (TPSA) is 105 Å². The van der Waals surface area contributed by atoms with Crippen LogP contribution >= 0.6 is 0 Å². The minimum atomic E-state index is -1.57. The first-order valence-electron chi connectivity index (χ1n) is 9.54. The monoisotopic (exact) mass is 415 g/mol. The molecule has 0 saturated carbocycles. The number of carbonyl (C=O) groups is 3. The van der Waals surface area contributed by atoms with Gasteiger partial charge in [-0.05, 0) is 35.7 Å². The molecule has 9 heteroatoms. The highest BCUT2D eigenvalue weighted by Crippen LogP contribution is 2.28. The smallest absolute Gasteiger partial charge is 0.323 e. The van der Waals surface area contributed by atoms with Gasteiger partial charge >= 0.3 is 6.03 Å². The number of urea groups is 1. The molecule has 0 aliphatic carbocycles.